The van der Waals surface area contributed by atoms with Crippen molar-refractivity contribution in [2.24, 2.45) is 10.2 Å². The summed E-state index contributed by atoms with van der Waals surface area (Å²) in [4.78, 5) is 34.8. The lowest BCUT2D eigenvalue weighted by Crippen LogP contribution is -2.31. The SMILES string of the molecule is CC(=O)C(N=Nc1cccc2cc(S(=O)(=O)O)cc(S(=O)(=O)O)c12)C(=O)Nc1ccc2c(c1)NC(=O)C2. The number of anilines is 2. The molecule has 1 aliphatic heterocycles. The van der Waals surface area contributed by atoms with Crippen LogP contribution in [-0.2, 0) is 41.0 Å². The Morgan fingerprint density at radius 3 is 2.41 bits per heavy atom. The molecule has 13 nitrogen and oxygen atoms in total. The average Bonchev–Trinajstić information content (AvgIpc) is 3.16. The van der Waals surface area contributed by atoms with E-state index in [2.05, 4.69) is 20.9 Å². The molecular weight excluding hydrogens is 528 g/mol. The van der Waals surface area contributed by atoms with Crippen LogP contribution in [0.4, 0.5) is 17.1 Å². The molecule has 1 unspecified atom stereocenters. The van der Waals surface area contributed by atoms with E-state index in [1.54, 1.807) is 12.1 Å². The maximum atomic E-state index is 12.8. The van der Waals surface area contributed by atoms with Gasteiger partial charge in [-0.05, 0) is 48.2 Å². The molecule has 2 amide bonds. The predicted molar refractivity (Wildman–Crippen MR) is 130 cm³/mol. The lowest BCUT2D eigenvalue weighted by Gasteiger charge is -2.11. The second-order valence-corrected chi connectivity index (χ2v) is 10.9. The number of Topliss-reactive ketones (excluding diaryl/α,β-unsaturated/α-hetero) is 1. The zero-order chi connectivity index (χ0) is 27.1. The van der Waals surface area contributed by atoms with E-state index < -0.39 is 47.8 Å². The van der Waals surface area contributed by atoms with Crippen molar-refractivity contribution in [1.82, 2.24) is 0 Å². The minimum Gasteiger partial charge on any atom is -0.325 e. The van der Waals surface area contributed by atoms with Crippen LogP contribution in [-0.4, -0.2) is 49.6 Å². The van der Waals surface area contributed by atoms with Gasteiger partial charge in [-0.2, -0.15) is 27.1 Å². The molecule has 0 bridgehead atoms. The molecule has 192 valence electrons. The number of hydrogen-bond acceptors (Lipinski definition) is 9. The minimum absolute atomic E-state index is 0.0387. The summed E-state index contributed by atoms with van der Waals surface area (Å²) in [5.74, 6) is -1.75. The zero-order valence-corrected chi connectivity index (χ0v) is 20.5. The van der Waals surface area contributed by atoms with Crippen LogP contribution in [0.5, 0.6) is 0 Å². The smallest absolute Gasteiger partial charge is 0.295 e. The topological polar surface area (TPSA) is 209 Å². The monoisotopic (exact) mass is 546 g/mol. The Balaban J connectivity index is 1.71. The molecule has 0 aromatic heterocycles. The number of azo groups is 1. The van der Waals surface area contributed by atoms with Gasteiger partial charge in [-0.3, -0.25) is 23.5 Å². The Labute approximate surface area is 210 Å². The van der Waals surface area contributed by atoms with Gasteiger partial charge in [-0.15, -0.1) is 0 Å². The molecule has 4 N–H and O–H groups in total. The van der Waals surface area contributed by atoms with E-state index in [-0.39, 0.29) is 34.5 Å². The van der Waals surface area contributed by atoms with Crippen LogP contribution in [0.25, 0.3) is 10.8 Å². The van der Waals surface area contributed by atoms with Crippen LogP contribution in [0.1, 0.15) is 12.5 Å². The quantitative estimate of drug-likeness (QED) is 0.195. The molecule has 1 aliphatic rings. The van der Waals surface area contributed by atoms with Crippen LogP contribution in [0.15, 0.2) is 68.6 Å². The van der Waals surface area contributed by atoms with Crippen molar-refractivity contribution in [3.63, 3.8) is 0 Å². The van der Waals surface area contributed by atoms with Crippen molar-refractivity contribution in [3.05, 3.63) is 54.1 Å². The second-order valence-electron chi connectivity index (χ2n) is 8.06. The summed E-state index contributed by atoms with van der Waals surface area (Å²) in [6.45, 7) is 1.09. The largest absolute Gasteiger partial charge is 0.325 e. The molecule has 4 rings (SSSR count). The van der Waals surface area contributed by atoms with Crippen LogP contribution < -0.4 is 10.6 Å². The third-order valence-corrected chi connectivity index (χ3v) is 7.09. The number of rotatable bonds is 7. The van der Waals surface area contributed by atoms with E-state index in [9.17, 15) is 40.3 Å². The lowest BCUT2D eigenvalue weighted by molar-refractivity contribution is -0.126. The van der Waals surface area contributed by atoms with Gasteiger partial charge in [0.1, 0.15) is 4.90 Å². The molecule has 0 spiro atoms. The van der Waals surface area contributed by atoms with Gasteiger partial charge in [0.2, 0.25) is 11.9 Å². The first-order valence-electron chi connectivity index (χ1n) is 10.4. The van der Waals surface area contributed by atoms with Gasteiger partial charge in [-0.25, -0.2) is 0 Å². The van der Waals surface area contributed by atoms with E-state index in [1.807, 2.05) is 0 Å². The maximum absolute atomic E-state index is 12.8. The molecule has 0 aliphatic carbocycles. The summed E-state index contributed by atoms with van der Waals surface area (Å²) in [7, 11) is -9.83. The van der Waals surface area contributed by atoms with Crippen LogP contribution in [0, 0.1) is 0 Å². The van der Waals surface area contributed by atoms with Crippen LogP contribution in [0.3, 0.4) is 0 Å². The number of carbonyl (C=O) groups is 3. The summed E-state index contributed by atoms with van der Waals surface area (Å²) in [5, 5.41) is 12.5. The molecule has 0 radical (unpaired) electrons. The highest BCUT2D eigenvalue weighted by molar-refractivity contribution is 7.86. The number of amides is 2. The third-order valence-electron chi connectivity index (χ3n) is 5.38. The Morgan fingerprint density at radius 1 is 1.03 bits per heavy atom. The van der Waals surface area contributed by atoms with Crippen molar-refractivity contribution in [3.8, 4) is 0 Å². The lowest BCUT2D eigenvalue weighted by atomic mass is 10.1. The van der Waals surface area contributed by atoms with E-state index in [0.29, 0.717) is 11.8 Å². The summed E-state index contributed by atoms with van der Waals surface area (Å²) in [5.41, 5.74) is 1.34. The first-order valence-corrected chi connectivity index (χ1v) is 13.3. The van der Waals surface area contributed by atoms with Crippen molar-refractivity contribution in [2.75, 3.05) is 10.6 Å². The second kappa shape index (κ2) is 9.44. The van der Waals surface area contributed by atoms with Gasteiger partial charge in [0.15, 0.2) is 5.78 Å². The van der Waals surface area contributed by atoms with Gasteiger partial charge in [0, 0.05) is 16.8 Å². The first kappa shape index (κ1) is 26.0. The molecule has 3 aromatic rings. The normalized spacial score (nSPS) is 14.4. The third kappa shape index (κ3) is 5.54. The predicted octanol–water partition coefficient (Wildman–Crippen LogP) is 2.51. The highest BCUT2D eigenvalue weighted by Gasteiger charge is 2.26. The highest BCUT2D eigenvalue weighted by Crippen LogP contribution is 2.35. The molecule has 0 saturated carbocycles. The Kier molecular flexibility index (Phi) is 6.64. The van der Waals surface area contributed by atoms with Gasteiger partial charge in [0.05, 0.1) is 17.0 Å². The fraction of sp³-hybridized carbons (Fsp3) is 0.136. The van der Waals surface area contributed by atoms with E-state index >= 15 is 0 Å². The van der Waals surface area contributed by atoms with E-state index in [1.165, 1.54) is 24.3 Å². The Morgan fingerprint density at radius 2 is 1.76 bits per heavy atom. The molecule has 3 aromatic carbocycles. The van der Waals surface area contributed by atoms with Crippen molar-refractivity contribution in [1.29, 1.82) is 0 Å². The molecule has 1 heterocycles. The number of carbonyl (C=O) groups excluding carboxylic acids is 3. The number of ketones is 1. The molecule has 1 atom stereocenters. The number of benzene rings is 3. The number of hydrogen-bond donors (Lipinski definition) is 4. The van der Waals surface area contributed by atoms with Crippen molar-refractivity contribution >= 4 is 65.7 Å². The fourth-order valence-electron chi connectivity index (χ4n) is 3.72. The standard InChI is InChI=1S/C22H18N4O9S2/c1-11(27)21(22(29)23-14-6-5-12-8-19(28)24-17(12)9-14)26-25-16-4-2-3-13-7-15(36(30,31)32)10-18(20(13)16)37(33,34)35/h2-7,9-10,21H,8H2,1H3,(H,23,29)(H,24,28)(H,30,31,32)(H,33,34,35). The van der Waals surface area contributed by atoms with Crippen molar-refractivity contribution < 1.29 is 40.3 Å². The van der Waals surface area contributed by atoms with Gasteiger partial charge >= 0.3 is 0 Å². The average molecular weight is 547 g/mol. The fourth-order valence-corrected chi connectivity index (χ4v) is 5.09. The summed E-state index contributed by atoms with van der Waals surface area (Å²) >= 11 is 0. The Bertz CT molecular complexity index is 1730. The molecular formula is C22H18N4O9S2. The zero-order valence-electron chi connectivity index (χ0n) is 18.9. The highest BCUT2D eigenvalue weighted by atomic mass is 32.2. The summed E-state index contributed by atoms with van der Waals surface area (Å²) in [6.07, 6.45) is 0.205. The molecule has 37 heavy (non-hydrogen) atoms. The number of nitrogens with one attached hydrogen (secondary N) is 2. The minimum atomic E-state index is -5.01. The van der Waals surface area contributed by atoms with Crippen LogP contribution >= 0.6 is 0 Å². The molecule has 0 fully saturated rings. The van der Waals surface area contributed by atoms with Crippen molar-refractivity contribution in [2.45, 2.75) is 29.2 Å². The molecule has 0 saturated heterocycles. The van der Waals surface area contributed by atoms with Gasteiger partial charge in [-0.1, -0.05) is 18.2 Å². The summed E-state index contributed by atoms with van der Waals surface area (Å²) < 4.78 is 66.2. The Hall–Kier alpha value is -4.05. The van der Waals surface area contributed by atoms with Gasteiger partial charge in [0.25, 0.3) is 26.1 Å². The van der Waals surface area contributed by atoms with E-state index in [4.69, 9.17) is 0 Å². The number of nitrogens with zero attached hydrogens (tertiary/aromatic N) is 2. The molecule has 15 heteroatoms. The maximum Gasteiger partial charge on any atom is 0.295 e. The first-order chi connectivity index (χ1) is 17.2. The van der Waals surface area contributed by atoms with Crippen LogP contribution in [0.2, 0.25) is 0 Å². The summed E-state index contributed by atoms with van der Waals surface area (Å²) in [6, 6.07) is 8.49. The van der Waals surface area contributed by atoms with Gasteiger partial charge < -0.3 is 10.6 Å². The number of fused-ring (bicyclic) bond motifs is 2. The van der Waals surface area contributed by atoms with E-state index in [0.717, 1.165) is 18.6 Å².